The maximum Gasteiger partial charge on any atom is 0.189 e. The predicted octanol–water partition coefficient (Wildman–Crippen LogP) is -4.08. The first-order chi connectivity index (χ1) is 11.8. The van der Waals surface area contributed by atoms with Crippen LogP contribution in [0.2, 0.25) is 0 Å². The Morgan fingerprint density at radius 2 is 1.32 bits per heavy atom. The van der Waals surface area contributed by atoms with Gasteiger partial charge in [0.2, 0.25) is 0 Å². The molecule has 0 aromatic carbocycles. The van der Waals surface area contributed by atoms with Crippen molar-refractivity contribution in [2.45, 2.75) is 61.3 Å². The molecule has 0 bridgehead atoms. The van der Waals surface area contributed by atoms with Crippen molar-refractivity contribution in [3.8, 4) is 0 Å². The van der Waals surface area contributed by atoms with Gasteiger partial charge in [-0.1, -0.05) is 5.11 Å². The lowest BCUT2D eigenvalue weighted by atomic mass is 9.97. The molecule has 25 heavy (non-hydrogen) atoms. The Morgan fingerprint density at radius 1 is 0.800 bits per heavy atom. The lowest BCUT2D eigenvalue weighted by Gasteiger charge is -2.44. The lowest BCUT2D eigenvalue weighted by molar-refractivity contribution is -0.368. The van der Waals surface area contributed by atoms with Gasteiger partial charge >= 0.3 is 0 Å². The minimum atomic E-state index is -1.74. The number of aliphatic hydroxyl groups is 7. The van der Waals surface area contributed by atoms with Crippen LogP contribution in [0.3, 0.4) is 0 Å². The van der Waals surface area contributed by atoms with Gasteiger partial charge in [-0.15, -0.1) is 0 Å². The zero-order valence-electron chi connectivity index (χ0n) is 12.9. The number of hydrogen-bond acceptors (Lipinski definition) is 11. The second-order valence-corrected chi connectivity index (χ2v) is 5.74. The summed E-state index contributed by atoms with van der Waals surface area (Å²) >= 11 is 0. The molecule has 2 saturated heterocycles. The minimum Gasteiger partial charge on any atom is -0.394 e. The fourth-order valence-electron chi connectivity index (χ4n) is 2.69. The van der Waals surface area contributed by atoms with Crippen LogP contribution in [0.1, 0.15) is 0 Å². The molecule has 5 unspecified atom stereocenters. The van der Waals surface area contributed by atoms with E-state index in [4.69, 9.17) is 24.8 Å². The molecule has 0 radical (unpaired) electrons. The van der Waals surface area contributed by atoms with E-state index >= 15 is 0 Å². The molecule has 144 valence electrons. The minimum absolute atomic E-state index is 0.665. The van der Waals surface area contributed by atoms with E-state index in [0.717, 1.165) is 0 Å². The van der Waals surface area contributed by atoms with E-state index in [2.05, 4.69) is 10.0 Å². The summed E-state index contributed by atoms with van der Waals surface area (Å²) in [6, 6.07) is -1.28. The number of azide groups is 1. The first-order valence-electron chi connectivity index (χ1n) is 7.48. The largest absolute Gasteiger partial charge is 0.394 e. The van der Waals surface area contributed by atoms with E-state index in [1.54, 1.807) is 0 Å². The molecule has 2 fully saturated rings. The number of nitrogens with zero attached hydrogens (tertiary/aromatic N) is 3. The van der Waals surface area contributed by atoms with E-state index < -0.39 is 74.6 Å². The maximum atomic E-state index is 10.0. The average Bonchev–Trinajstić information content (AvgIpc) is 2.61. The molecule has 13 heteroatoms. The van der Waals surface area contributed by atoms with Gasteiger partial charge in [0.1, 0.15) is 30.5 Å². The van der Waals surface area contributed by atoms with Crippen molar-refractivity contribution < 1.29 is 50.0 Å². The summed E-state index contributed by atoms with van der Waals surface area (Å²) in [5.41, 5.74) is 8.48. The number of rotatable bonds is 5. The van der Waals surface area contributed by atoms with Crippen LogP contribution in [0.4, 0.5) is 0 Å². The Kier molecular flexibility index (Phi) is 6.90. The highest BCUT2D eigenvalue weighted by Gasteiger charge is 2.49. The summed E-state index contributed by atoms with van der Waals surface area (Å²) in [6.45, 7) is -1.35. The second-order valence-electron chi connectivity index (χ2n) is 5.74. The Morgan fingerprint density at radius 3 is 1.84 bits per heavy atom. The van der Waals surface area contributed by atoms with Crippen LogP contribution < -0.4 is 0 Å². The first kappa shape index (κ1) is 20.2. The SMILES string of the molecule is [N-]=[N+]=N[C@@H]1C(CO)O[C@H](O[C@H]2OC(CO)[C@@H](O)C(O)C2O)[C@@H](O)C1O. The molecule has 2 rings (SSSR count). The summed E-state index contributed by atoms with van der Waals surface area (Å²) < 4.78 is 15.5. The zero-order valence-corrected chi connectivity index (χ0v) is 12.9. The third-order valence-corrected chi connectivity index (χ3v) is 4.15. The molecule has 0 aromatic heterocycles. The van der Waals surface area contributed by atoms with E-state index in [9.17, 15) is 30.6 Å². The van der Waals surface area contributed by atoms with Gasteiger partial charge in [-0.2, -0.15) is 0 Å². The van der Waals surface area contributed by atoms with Crippen LogP contribution in [0.25, 0.3) is 10.4 Å². The molecule has 0 spiro atoms. The van der Waals surface area contributed by atoms with Crippen LogP contribution in [0.15, 0.2) is 5.11 Å². The molecule has 0 aliphatic carbocycles. The normalized spacial score (nSPS) is 48.0. The maximum absolute atomic E-state index is 10.0. The molecular formula is C12H21N3O10. The van der Waals surface area contributed by atoms with E-state index in [1.165, 1.54) is 0 Å². The molecule has 0 saturated carbocycles. The smallest absolute Gasteiger partial charge is 0.189 e. The zero-order chi connectivity index (χ0) is 18.7. The molecule has 0 amide bonds. The van der Waals surface area contributed by atoms with Crippen LogP contribution in [0.5, 0.6) is 0 Å². The molecule has 2 aliphatic rings. The topological polar surface area (TPSA) is 218 Å². The number of hydrogen-bond donors (Lipinski definition) is 7. The summed E-state index contributed by atoms with van der Waals surface area (Å²) in [4.78, 5) is 2.50. The van der Waals surface area contributed by atoms with Gasteiger partial charge in [0.25, 0.3) is 0 Å². The molecular weight excluding hydrogens is 346 g/mol. The Hall–Kier alpha value is -1.09. The second kappa shape index (κ2) is 8.53. The predicted molar refractivity (Wildman–Crippen MR) is 75.5 cm³/mol. The van der Waals surface area contributed by atoms with E-state index in [-0.39, 0.29) is 0 Å². The first-order valence-corrected chi connectivity index (χ1v) is 7.48. The standard InChI is InChI=1S/C12H21N3O10/c13-15-14-5-3(1-16)23-11(9(21)7(5)19)25-12-10(22)8(20)6(18)4(2-17)24-12/h3-12,16-22H,1-2H2/t3?,4?,5-,6-,7?,8?,9+,10?,11-,12-/m1/s1. The summed E-state index contributed by atoms with van der Waals surface area (Å²) in [6.07, 6.45) is -14.1. The van der Waals surface area contributed by atoms with Gasteiger partial charge in [0, 0.05) is 4.91 Å². The highest BCUT2D eigenvalue weighted by molar-refractivity contribution is 4.95. The molecule has 10 atom stereocenters. The van der Waals surface area contributed by atoms with Crippen molar-refractivity contribution in [1.82, 2.24) is 0 Å². The molecule has 7 N–H and O–H groups in total. The molecule has 13 nitrogen and oxygen atoms in total. The van der Waals surface area contributed by atoms with Crippen molar-refractivity contribution in [3.05, 3.63) is 10.4 Å². The van der Waals surface area contributed by atoms with Crippen molar-refractivity contribution in [1.29, 1.82) is 0 Å². The van der Waals surface area contributed by atoms with Gasteiger partial charge < -0.3 is 50.0 Å². The summed E-state index contributed by atoms with van der Waals surface area (Å²) in [7, 11) is 0. The van der Waals surface area contributed by atoms with Crippen LogP contribution in [0, 0.1) is 0 Å². The van der Waals surface area contributed by atoms with E-state index in [0.29, 0.717) is 0 Å². The lowest BCUT2D eigenvalue weighted by Crippen LogP contribution is -2.63. The molecule has 2 heterocycles. The van der Waals surface area contributed by atoms with Crippen molar-refractivity contribution in [2.24, 2.45) is 5.11 Å². The van der Waals surface area contributed by atoms with Crippen LogP contribution in [-0.2, 0) is 14.2 Å². The third-order valence-electron chi connectivity index (χ3n) is 4.15. The van der Waals surface area contributed by atoms with Gasteiger partial charge in [-0.3, -0.25) is 0 Å². The Labute approximate surface area is 141 Å². The molecule has 0 aromatic rings. The summed E-state index contributed by atoms with van der Waals surface area (Å²) in [5, 5.41) is 71.0. The van der Waals surface area contributed by atoms with Gasteiger partial charge in [-0.05, 0) is 5.53 Å². The number of aliphatic hydroxyl groups excluding tert-OH is 7. The van der Waals surface area contributed by atoms with Crippen LogP contribution >= 0.6 is 0 Å². The van der Waals surface area contributed by atoms with Crippen LogP contribution in [-0.4, -0.2) is 110 Å². The highest BCUT2D eigenvalue weighted by Crippen LogP contribution is 2.29. The van der Waals surface area contributed by atoms with Crippen molar-refractivity contribution in [2.75, 3.05) is 13.2 Å². The summed E-state index contributed by atoms with van der Waals surface area (Å²) in [5.74, 6) is 0. The van der Waals surface area contributed by atoms with Crippen molar-refractivity contribution >= 4 is 0 Å². The van der Waals surface area contributed by atoms with Gasteiger partial charge in [0.05, 0.1) is 31.5 Å². The van der Waals surface area contributed by atoms with E-state index in [1.807, 2.05) is 0 Å². The third kappa shape index (κ3) is 4.02. The highest BCUT2D eigenvalue weighted by atomic mass is 16.8. The van der Waals surface area contributed by atoms with Gasteiger partial charge in [0.15, 0.2) is 12.6 Å². The van der Waals surface area contributed by atoms with Crippen molar-refractivity contribution in [3.63, 3.8) is 0 Å². The van der Waals surface area contributed by atoms with Gasteiger partial charge in [-0.25, -0.2) is 0 Å². The fraction of sp³-hybridized carbons (Fsp3) is 1.00. The Bertz CT molecular complexity index is 488. The number of ether oxygens (including phenoxy) is 3. The average molecular weight is 367 g/mol. The fourth-order valence-corrected chi connectivity index (χ4v) is 2.69. The monoisotopic (exact) mass is 367 g/mol. The Balaban J connectivity index is 2.12. The molecule has 2 aliphatic heterocycles. The quantitative estimate of drug-likeness (QED) is 0.141.